The van der Waals surface area contributed by atoms with Gasteiger partial charge in [0.25, 0.3) is 0 Å². The highest BCUT2D eigenvalue weighted by Crippen LogP contribution is 2.37. The lowest BCUT2D eigenvalue weighted by Gasteiger charge is -2.34. The maximum Gasteiger partial charge on any atom is 0.234 e. The summed E-state index contributed by atoms with van der Waals surface area (Å²) in [6.07, 6.45) is 3.07. The molecule has 2 aromatic rings. The first-order valence-corrected chi connectivity index (χ1v) is 6.78. The first-order valence-electron chi connectivity index (χ1n) is 5.84. The van der Waals surface area contributed by atoms with Crippen LogP contribution in [0.1, 0.15) is 49.4 Å². The van der Waals surface area contributed by atoms with Gasteiger partial charge >= 0.3 is 0 Å². The zero-order chi connectivity index (χ0) is 11.9. The molecule has 1 unspecified atom stereocenters. The van der Waals surface area contributed by atoms with Crippen molar-refractivity contribution >= 4 is 23.7 Å². The highest BCUT2D eigenvalue weighted by molar-refractivity contribution is 7.08. The molecule has 2 heterocycles. The fraction of sp³-hybridized carbons (Fsp3) is 0.500. The number of halogens is 1. The van der Waals surface area contributed by atoms with E-state index in [1.807, 2.05) is 0 Å². The van der Waals surface area contributed by atoms with Crippen LogP contribution in [0.3, 0.4) is 0 Å². The first kappa shape index (κ1) is 13.5. The zero-order valence-electron chi connectivity index (χ0n) is 10.1. The number of nitrogens with two attached hydrogens (primary N) is 1. The molecule has 2 N–H and O–H groups in total. The number of rotatable bonds is 3. The molecule has 6 heteroatoms. The van der Waals surface area contributed by atoms with Gasteiger partial charge < -0.3 is 10.3 Å². The second-order valence-corrected chi connectivity index (χ2v) is 5.52. The number of hydrogen-bond acceptors (Lipinski definition) is 5. The van der Waals surface area contributed by atoms with E-state index in [9.17, 15) is 0 Å². The smallest absolute Gasteiger partial charge is 0.234 e. The Hall–Kier alpha value is -0.910. The molecule has 0 aliphatic heterocycles. The van der Waals surface area contributed by atoms with E-state index >= 15 is 0 Å². The number of nitrogens with zero attached hydrogens (tertiary/aromatic N) is 2. The molecule has 0 spiro atoms. The lowest BCUT2D eigenvalue weighted by molar-refractivity contribution is 0.228. The summed E-state index contributed by atoms with van der Waals surface area (Å²) < 4.78 is 5.34. The van der Waals surface area contributed by atoms with Crippen molar-refractivity contribution in [3.8, 4) is 0 Å². The number of hydrogen-bond donors (Lipinski definition) is 1. The van der Waals surface area contributed by atoms with Gasteiger partial charge in [-0.25, -0.2) is 0 Å². The van der Waals surface area contributed by atoms with Crippen molar-refractivity contribution in [2.45, 2.75) is 37.6 Å². The van der Waals surface area contributed by atoms with Crippen LogP contribution in [0.2, 0.25) is 0 Å². The molecule has 0 saturated heterocycles. The molecular formula is C12H16ClN3OS. The average Bonchev–Trinajstić information content (AvgIpc) is 2.95. The van der Waals surface area contributed by atoms with Gasteiger partial charge in [-0.05, 0) is 48.6 Å². The van der Waals surface area contributed by atoms with Gasteiger partial charge in [-0.1, -0.05) is 5.16 Å². The lowest BCUT2D eigenvalue weighted by Crippen LogP contribution is -2.44. The SMILES string of the molecule is CC(c1ccsc1)c1nc(C2(N)CCC2)no1.Cl. The maximum absolute atomic E-state index is 6.17. The lowest BCUT2D eigenvalue weighted by atomic mass is 9.77. The van der Waals surface area contributed by atoms with E-state index in [0.29, 0.717) is 11.7 Å². The van der Waals surface area contributed by atoms with Gasteiger partial charge in [0, 0.05) is 0 Å². The number of thiophene rings is 1. The molecule has 18 heavy (non-hydrogen) atoms. The van der Waals surface area contributed by atoms with Crippen LogP contribution in [0.25, 0.3) is 0 Å². The van der Waals surface area contributed by atoms with E-state index in [4.69, 9.17) is 10.3 Å². The molecule has 1 atom stereocenters. The van der Waals surface area contributed by atoms with E-state index in [-0.39, 0.29) is 23.9 Å². The maximum atomic E-state index is 6.17. The molecule has 1 aliphatic rings. The minimum absolute atomic E-state index is 0. The van der Waals surface area contributed by atoms with Crippen molar-refractivity contribution in [2.24, 2.45) is 5.73 Å². The van der Waals surface area contributed by atoms with Gasteiger partial charge in [-0.2, -0.15) is 16.3 Å². The summed E-state index contributed by atoms with van der Waals surface area (Å²) in [5.41, 5.74) is 7.05. The Labute approximate surface area is 116 Å². The Kier molecular flexibility index (Phi) is 3.75. The van der Waals surface area contributed by atoms with Crippen LogP contribution in [0, 0.1) is 0 Å². The minimum atomic E-state index is -0.337. The minimum Gasteiger partial charge on any atom is -0.339 e. The topological polar surface area (TPSA) is 64.9 Å². The van der Waals surface area contributed by atoms with Gasteiger partial charge in [0.2, 0.25) is 5.89 Å². The molecule has 0 aromatic carbocycles. The van der Waals surface area contributed by atoms with Crippen molar-refractivity contribution in [2.75, 3.05) is 0 Å². The molecule has 3 rings (SSSR count). The third-order valence-corrected chi connectivity index (χ3v) is 4.25. The molecule has 98 valence electrons. The molecule has 1 aliphatic carbocycles. The van der Waals surface area contributed by atoms with Gasteiger partial charge in [-0.3, -0.25) is 0 Å². The van der Waals surface area contributed by atoms with Crippen LogP contribution in [0.15, 0.2) is 21.3 Å². The van der Waals surface area contributed by atoms with Crippen LogP contribution in [0.5, 0.6) is 0 Å². The third kappa shape index (κ3) is 2.18. The summed E-state index contributed by atoms with van der Waals surface area (Å²) in [5, 5.41) is 8.20. The van der Waals surface area contributed by atoms with Crippen LogP contribution >= 0.6 is 23.7 Å². The molecule has 0 radical (unpaired) electrons. The highest BCUT2D eigenvalue weighted by Gasteiger charge is 2.39. The monoisotopic (exact) mass is 285 g/mol. The summed E-state index contributed by atoms with van der Waals surface area (Å²) in [7, 11) is 0. The van der Waals surface area contributed by atoms with E-state index in [2.05, 4.69) is 33.9 Å². The normalized spacial score (nSPS) is 18.8. The standard InChI is InChI=1S/C12H15N3OS.ClH/c1-8(9-3-6-17-7-9)10-14-11(15-16-10)12(13)4-2-5-12;/h3,6-8H,2,4-5,13H2,1H3;1H. The second kappa shape index (κ2) is 4.99. The fourth-order valence-electron chi connectivity index (χ4n) is 2.06. The van der Waals surface area contributed by atoms with Crippen molar-refractivity contribution in [3.05, 3.63) is 34.1 Å². The van der Waals surface area contributed by atoms with Crippen LogP contribution in [-0.2, 0) is 5.54 Å². The molecule has 1 saturated carbocycles. The Morgan fingerprint density at radius 3 is 2.83 bits per heavy atom. The molecule has 2 aromatic heterocycles. The van der Waals surface area contributed by atoms with E-state index in [0.717, 1.165) is 19.3 Å². The van der Waals surface area contributed by atoms with E-state index in [1.54, 1.807) is 11.3 Å². The summed E-state index contributed by atoms with van der Waals surface area (Å²) in [4.78, 5) is 4.46. The Bertz CT molecular complexity index is 507. The molecular weight excluding hydrogens is 270 g/mol. The summed E-state index contributed by atoms with van der Waals surface area (Å²) >= 11 is 1.68. The highest BCUT2D eigenvalue weighted by atomic mass is 35.5. The van der Waals surface area contributed by atoms with E-state index < -0.39 is 0 Å². The van der Waals surface area contributed by atoms with Crippen LogP contribution in [0.4, 0.5) is 0 Å². The molecule has 4 nitrogen and oxygen atoms in total. The molecule has 1 fully saturated rings. The van der Waals surface area contributed by atoms with Crippen molar-refractivity contribution < 1.29 is 4.52 Å². The summed E-state index contributed by atoms with van der Waals surface area (Å²) in [5.74, 6) is 1.47. The van der Waals surface area contributed by atoms with Crippen molar-refractivity contribution in [1.29, 1.82) is 0 Å². The summed E-state index contributed by atoms with van der Waals surface area (Å²) in [6.45, 7) is 2.07. The van der Waals surface area contributed by atoms with Gasteiger partial charge in [0.05, 0.1) is 11.5 Å². The van der Waals surface area contributed by atoms with Crippen molar-refractivity contribution in [3.63, 3.8) is 0 Å². The van der Waals surface area contributed by atoms with Gasteiger partial charge in [0.15, 0.2) is 5.82 Å². The summed E-state index contributed by atoms with van der Waals surface area (Å²) in [6, 6.07) is 2.08. The third-order valence-electron chi connectivity index (χ3n) is 3.55. The van der Waals surface area contributed by atoms with E-state index in [1.165, 1.54) is 5.56 Å². The second-order valence-electron chi connectivity index (χ2n) is 4.74. The molecule has 0 amide bonds. The predicted octanol–water partition coefficient (Wildman–Crippen LogP) is 3.04. The Balaban J connectivity index is 0.00000120. The Morgan fingerprint density at radius 1 is 1.50 bits per heavy atom. The van der Waals surface area contributed by atoms with Crippen LogP contribution < -0.4 is 5.73 Å². The molecule has 0 bridgehead atoms. The zero-order valence-corrected chi connectivity index (χ0v) is 11.8. The quantitative estimate of drug-likeness (QED) is 0.941. The van der Waals surface area contributed by atoms with Crippen LogP contribution in [-0.4, -0.2) is 10.1 Å². The first-order chi connectivity index (χ1) is 8.19. The predicted molar refractivity (Wildman–Crippen MR) is 73.1 cm³/mol. The number of aromatic nitrogens is 2. The average molecular weight is 286 g/mol. The van der Waals surface area contributed by atoms with Gasteiger partial charge in [0.1, 0.15) is 0 Å². The van der Waals surface area contributed by atoms with Gasteiger partial charge in [-0.15, -0.1) is 12.4 Å². The van der Waals surface area contributed by atoms with Crippen molar-refractivity contribution in [1.82, 2.24) is 10.1 Å². The Morgan fingerprint density at radius 2 is 2.28 bits per heavy atom. The largest absolute Gasteiger partial charge is 0.339 e. The fourth-order valence-corrected chi connectivity index (χ4v) is 2.81.